The number of rotatable bonds is 6. The van der Waals surface area contributed by atoms with Gasteiger partial charge >= 0.3 is 0 Å². The summed E-state index contributed by atoms with van der Waals surface area (Å²) >= 11 is 0. The average molecular weight is 588 g/mol. The Morgan fingerprint density at radius 3 is 2.57 bits per heavy atom. The molecule has 2 aliphatic heterocycles. The molecule has 0 radical (unpaired) electrons. The van der Waals surface area contributed by atoms with Crippen LogP contribution in [0.15, 0.2) is 48.7 Å². The SMILES string of the molecule is Cc1nc(C(=O)NCc2cc3nc(-c4cccc(N5C[C@@H](C)O[C@@H](C)C5)n4)ccc3cn2)cc2c1CCN2S(C)(=O)=O. The van der Waals surface area contributed by atoms with Crippen molar-refractivity contribution in [3.63, 3.8) is 0 Å². The molecule has 0 aliphatic carbocycles. The van der Waals surface area contributed by atoms with Gasteiger partial charge in [-0.15, -0.1) is 0 Å². The molecule has 4 aromatic rings. The third-order valence-electron chi connectivity index (χ3n) is 7.57. The Morgan fingerprint density at radius 1 is 1.05 bits per heavy atom. The molecule has 0 bridgehead atoms. The fourth-order valence-corrected chi connectivity index (χ4v) is 6.62. The zero-order chi connectivity index (χ0) is 29.6. The van der Waals surface area contributed by atoms with Crippen molar-refractivity contribution in [3.8, 4) is 11.4 Å². The van der Waals surface area contributed by atoms with E-state index in [0.29, 0.717) is 30.0 Å². The van der Waals surface area contributed by atoms with E-state index < -0.39 is 15.9 Å². The van der Waals surface area contributed by atoms with Crippen LogP contribution < -0.4 is 14.5 Å². The van der Waals surface area contributed by atoms with Gasteiger partial charge in [-0.3, -0.25) is 14.1 Å². The maximum atomic E-state index is 13.0. The topological polar surface area (TPSA) is 131 Å². The van der Waals surface area contributed by atoms with E-state index in [2.05, 4.69) is 34.0 Å². The van der Waals surface area contributed by atoms with E-state index in [1.54, 1.807) is 19.2 Å². The number of aryl methyl sites for hydroxylation is 1. The lowest BCUT2D eigenvalue weighted by molar-refractivity contribution is -0.00545. The summed E-state index contributed by atoms with van der Waals surface area (Å²) < 4.78 is 31.6. The molecule has 0 aromatic carbocycles. The first kappa shape index (κ1) is 28.0. The van der Waals surface area contributed by atoms with Crippen LogP contribution in [0.25, 0.3) is 22.3 Å². The Balaban J connectivity index is 1.20. The second-order valence-corrected chi connectivity index (χ2v) is 12.9. The second kappa shape index (κ2) is 10.9. The summed E-state index contributed by atoms with van der Waals surface area (Å²) in [6, 6.07) is 13.2. The number of hydrogen-bond donors (Lipinski definition) is 1. The average Bonchev–Trinajstić information content (AvgIpc) is 3.41. The molecule has 6 rings (SSSR count). The molecule has 11 nitrogen and oxygen atoms in total. The number of anilines is 2. The van der Waals surface area contributed by atoms with Crippen molar-refractivity contribution in [2.45, 2.75) is 45.9 Å². The van der Waals surface area contributed by atoms with E-state index in [-0.39, 0.29) is 24.4 Å². The molecule has 6 heterocycles. The number of amides is 1. The molecule has 1 N–H and O–H groups in total. The second-order valence-electron chi connectivity index (χ2n) is 11.0. The largest absolute Gasteiger partial charge is 0.372 e. The van der Waals surface area contributed by atoms with Crippen molar-refractivity contribution in [2.75, 3.05) is 35.1 Å². The number of carbonyl (C=O) groups is 1. The molecule has 1 amide bonds. The summed E-state index contributed by atoms with van der Waals surface area (Å²) in [5.74, 6) is 0.488. The van der Waals surface area contributed by atoms with Gasteiger partial charge in [0, 0.05) is 36.9 Å². The predicted molar refractivity (Wildman–Crippen MR) is 161 cm³/mol. The number of ether oxygens (including phenoxy) is 1. The molecular weight excluding hydrogens is 554 g/mol. The first-order valence-electron chi connectivity index (χ1n) is 13.9. The van der Waals surface area contributed by atoms with Crippen molar-refractivity contribution >= 4 is 38.3 Å². The quantitative estimate of drug-likeness (QED) is 0.361. The number of fused-ring (bicyclic) bond motifs is 2. The first-order chi connectivity index (χ1) is 20.0. The summed E-state index contributed by atoms with van der Waals surface area (Å²) in [7, 11) is -3.44. The molecule has 4 aromatic heterocycles. The van der Waals surface area contributed by atoms with Gasteiger partial charge < -0.3 is 15.0 Å². The molecule has 1 saturated heterocycles. The lowest BCUT2D eigenvalue weighted by Gasteiger charge is -2.36. The Hall–Kier alpha value is -4.16. The molecule has 0 spiro atoms. The monoisotopic (exact) mass is 587 g/mol. The van der Waals surface area contributed by atoms with Crippen LogP contribution >= 0.6 is 0 Å². The molecule has 218 valence electrons. The number of hydrogen-bond acceptors (Lipinski definition) is 9. The van der Waals surface area contributed by atoms with Gasteiger partial charge in [-0.25, -0.2) is 23.4 Å². The van der Waals surface area contributed by atoms with Gasteiger partial charge in [0.15, 0.2) is 0 Å². The van der Waals surface area contributed by atoms with Gasteiger partial charge in [0.1, 0.15) is 11.5 Å². The summed E-state index contributed by atoms with van der Waals surface area (Å²) in [6.45, 7) is 8.01. The Kier molecular flexibility index (Phi) is 7.27. The van der Waals surface area contributed by atoms with Crippen LogP contribution in [0.3, 0.4) is 0 Å². The van der Waals surface area contributed by atoms with Crippen molar-refractivity contribution in [2.24, 2.45) is 0 Å². The lowest BCUT2D eigenvalue weighted by atomic mass is 10.1. The van der Waals surface area contributed by atoms with Crippen LogP contribution in [0, 0.1) is 6.92 Å². The smallest absolute Gasteiger partial charge is 0.270 e. The minimum absolute atomic E-state index is 0.133. The third kappa shape index (κ3) is 5.64. The van der Waals surface area contributed by atoms with E-state index in [9.17, 15) is 13.2 Å². The molecule has 12 heteroatoms. The zero-order valence-corrected chi connectivity index (χ0v) is 24.9. The highest BCUT2D eigenvalue weighted by molar-refractivity contribution is 7.92. The highest BCUT2D eigenvalue weighted by Gasteiger charge is 2.29. The van der Waals surface area contributed by atoms with Crippen LogP contribution in [0.2, 0.25) is 0 Å². The van der Waals surface area contributed by atoms with Crippen molar-refractivity contribution in [1.82, 2.24) is 25.3 Å². The fourth-order valence-electron chi connectivity index (χ4n) is 5.67. The molecule has 1 fully saturated rings. The maximum absolute atomic E-state index is 13.0. The van der Waals surface area contributed by atoms with Gasteiger partial charge in [-0.1, -0.05) is 6.07 Å². The number of carbonyl (C=O) groups excluding carboxylic acids is 1. The van der Waals surface area contributed by atoms with Crippen LogP contribution in [-0.2, 0) is 27.7 Å². The lowest BCUT2D eigenvalue weighted by Crippen LogP contribution is -2.45. The number of aromatic nitrogens is 4. The van der Waals surface area contributed by atoms with E-state index in [1.165, 1.54) is 10.6 Å². The summed E-state index contributed by atoms with van der Waals surface area (Å²) in [4.78, 5) is 33.9. The van der Waals surface area contributed by atoms with Crippen molar-refractivity contribution in [1.29, 1.82) is 0 Å². The van der Waals surface area contributed by atoms with Crippen molar-refractivity contribution < 1.29 is 17.9 Å². The summed E-state index contributed by atoms with van der Waals surface area (Å²) in [5, 5.41) is 3.73. The van der Waals surface area contributed by atoms with Gasteiger partial charge in [-0.2, -0.15) is 0 Å². The highest BCUT2D eigenvalue weighted by atomic mass is 32.2. The van der Waals surface area contributed by atoms with E-state index in [0.717, 1.165) is 46.8 Å². The van der Waals surface area contributed by atoms with Gasteiger partial charge in [0.25, 0.3) is 5.91 Å². The van der Waals surface area contributed by atoms with Crippen LogP contribution in [0.4, 0.5) is 11.5 Å². The Labute approximate surface area is 245 Å². The maximum Gasteiger partial charge on any atom is 0.270 e. The minimum atomic E-state index is -3.44. The molecule has 0 unspecified atom stereocenters. The summed E-state index contributed by atoms with van der Waals surface area (Å²) in [5.41, 5.74) is 5.08. The van der Waals surface area contributed by atoms with Crippen LogP contribution in [0.1, 0.15) is 41.3 Å². The van der Waals surface area contributed by atoms with Gasteiger partial charge in [0.2, 0.25) is 10.0 Å². The highest BCUT2D eigenvalue weighted by Crippen LogP contribution is 2.32. The number of pyridine rings is 4. The molecular formula is C30H33N7O4S. The molecule has 42 heavy (non-hydrogen) atoms. The van der Waals surface area contributed by atoms with Gasteiger partial charge in [0.05, 0.1) is 53.3 Å². The van der Waals surface area contributed by atoms with Crippen molar-refractivity contribution in [3.05, 3.63) is 71.3 Å². The van der Waals surface area contributed by atoms with E-state index in [4.69, 9.17) is 14.7 Å². The summed E-state index contributed by atoms with van der Waals surface area (Å²) in [6.07, 6.45) is 3.74. The normalized spacial score (nSPS) is 18.8. The predicted octanol–water partition coefficient (Wildman–Crippen LogP) is 3.26. The fraction of sp³-hybridized carbons (Fsp3) is 0.367. The molecule has 2 atom stereocenters. The number of nitrogens with zero attached hydrogens (tertiary/aromatic N) is 6. The number of sulfonamides is 1. The zero-order valence-electron chi connectivity index (χ0n) is 24.0. The number of morpholine rings is 1. The third-order valence-corrected chi connectivity index (χ3v) is 8.75. The van der Waals surface area contributed by atoms with Crippen LogP contribution in [0.5, 0.6) is 0 Å². The first-order valence-corrected chi connectivity index (χ1v) is 15.8. The molecule has 2 aliphatic rings. The van der Waals surface area contributed by atoms with E-state index >= 15 is 0 Å². The van der Waals surface area contributed by atoms with E-state index in [1.807, 2.05) is 36.4 Å². The molecule has 0 saturated carbocycles. The minimum Gasteiger partial charge on any atom is -0.372 e. The van der Waals surface area contributed by atoms with Crippen LogP contribution in [-0.4, -0.2) is 72.4 Å². The Bertz CT molecular complexity index is 1790. The standard InChI is InChI=1S/C30H33N7O4S/c1-18-16-36(17-19(2)41-18)29-7-5-6-24(35-29)25-9-8-21-14-31-22(12-26(21)34-25)15-32-30(38)27-13-28-23(20(3)33-27)10-11-37(28)42(4,39)40/h5-9,12-14,18-19H,10-11,15-17H2,1-4H3,(H,32,38)/t18-,19+. The Morgan fingerprint density at radius 2 is 1.81 bits per heavy atom. The van der Waals surface area contributed by atoms with Gasteiger partial charge in [-0.05, 0) is 69.2 Å². The number of nitrogens with one attached hydrogen (secondary N) is 1.